The van der Waals surface area contributed by atoms with Crippen LogP contribution in [-0.2, 0) is 0 Å². The van der Waals surface area contributed by atoms with E-state index in [1.807, 2.05) is 11.4 Å². The summed E-state index contributed by atoms with van der Waals surface area (Å²) in [4.78, 5) is 12.9. The Labute approximate surface area is 133 Å². The Morgan fingerprint density at radius 1 is 0.870 bits per heavy atom. The van der Waals surface area contributed by atoms with Gasteiger partial charge in [0.25, 0.3) is 5.56 Å². The zero-order valence-electron chi connectivity index (χ0n) is 11.7. The number of rotatable bonds is 1. The summed E-state index contributed by atoms with van der Waals surface area (Å²) in [5, 5.41) is 32.4. The summed E-state index contributed by atoms with van der Waals surface area (Å²) in [6.07, 6.45) is 0. The average Bonchev–Trinajstić information content (AvgIpc) is 3.01. The summed E-state index contributed by atoms with van der Waals surface area (Å²) in [5.74, 6) is -0.433. The number of aromatic hydroxyl groups is 3. The molecule has 4 rings (SSSR count). The van der Waals surface area contributed by atoms with Gasteiger partial charge in [-0.25, -0.2) is 0 Å². The quantitative estimate of drug-likeness (QED) is 0.469. The highest BCUT2D eigenvalue weighted by atomic mass is 32.1. The van der Waals surface area contributed by atoms with Gasteiger partial charge in [0.1, 0.15) is 10.4 Å². The van der Waals surface area contributed by atoms with Gasteiger partial charge < -0.3 is 15.3 Å². The molecule has 2 heterocycles. The van der Waals surface area contributed by atoms with Crippen LogP contribution in [-0.4, -0.2) is 19.9 Å². The molecule has 0 saturated heterocycles. The third-order valence-electron chi connectivity index (χ3n) is 3.79. The van der Waals surface area contributed by atoms with Crippen molar-refractivity contribution in [2.75, 3.05) is 0 Å². The number of hydrogen-bond donors (Lipinski definition) is 3. The Bertz CT molecular complexity index is 1130. The summed E-state index contributed by atoms with van der Waals surface area (Å²) in [7, 11) is 0. The van der Waals surface area contributed by atoms with Gasteiger partial charge in [0.2, 0.25) is 0 Å². The molecule has 0 atom stereocenters. The Morgan fingerprint density at radius 2 is 1.70 bits per heavy atom. The van der Waals surface area contributed by atoms with Gasteiger partial charge in [-0.3, -0.25) is 9.36 Å². The fourth-order valence-corrected chi connectivity index (χ4v) is 3.58. The molecule has 3 N–H and O–H groups in total. The van der Waals surface area contributed by atoms with Gasteiger partial charge in [-0.2, -0.15) is 0 Å². The Kier molecular flexibility index (Phi) is 2.82. The maximum atomic E-state index is 12.9. The van der Waals surface area contributed by atoms with Gasteiger partial charge >= 0.3 is 0 Å². The van der Waals surface area contributed by atoms with Gasteiger partial charge in [-0.15, -0.1) is 11.3 Å². The summed E-state index contributed by atoms with van der Waals surface area (Å²) in [6.45, 7) is 0. The van der Waals surface area contributed by atoms with Gasteiger partial charge in [0.15, 0.2) is 11.5 Å². The summed E-state index contributed by atoms with van der Waals surface area (Å²) >= 11 is 1.32. The lowest BCUT2D eigenvalue weighted by Gasteiger charge is -2.12. The first-order valence-corrected chi connectivity index (χ1v) is 7.71. The van der Waals surface area contributed by atoms with Crippen molar-refractivity contribution in [3.8, 4) is 22.9 Å². The topological polar surface area (TPSA) is 82.7 Å². The van der Waals surface area contributed by atoms with E-state index < -0.39 is 0 Å². The zero-order valence-corrected chi connectivity index (χ0v) is 12.5. The van der Waals surface area contributed by atoms with Crippen LogP contribution in [0.15, 0.2) is 52.6 Å². The van der Waals surface area contributed by atoms with Crippen molar-refractivity contribution in [1.29, 1.82) is 0 Å². The predicted molar refractivity (Wildman–Crippen MR) is 89.9 cm³/mol. The third-order valence-corrected chi connectivity index (χ3v) is 4.69. The Balaban J connectivity index is 2.21. The molecular formula is C17H11NO4S. The number of hydrogen-bond acceptors (Lipinski definition) is 5. The minimum absolute atomic E-state index is 0.115. The van der Waals surface area contributed by atoms with Crippen LogP contribution >= 0.6 is 11.3 Å². The number of phenols is 3. The third kappa shape index (κ3) is 1.96. The van der Waals surface area contributed by atoms with Crippen LogP contribution < -0.4 is 5.56 Å². The lowest BCUT2D eigenvalue weighted by atomic mass is 10.1. The van der Waals surface area contributed by atoms with Crippen molar-refractivity contribution >= 4 is 32.3 Å². The van der Waals surface area contributed by atoms with Crippen molar-refractivity contribution in [3.63, 3.8) is 0 Å². The Hall–Kier alpha value is -2.99. The summed E-state index contributed by atoms with van der Waals surface area (Å²) < 4.78 is 2.03. The Morgan fingerprint density at radius 3 is 2.48 bits per heavy atom. The van der Waals surface area contributed by atoms with E-state index in [4.69, 9.17) is 0 Å². The van der Waals surface area contributed by atoms with Crippen molar-refractivity contribution in [2.24, 2.45) is 0 Å². The van der Waals surface area contributed by atoms with E-state index in [0.29, 0.717) is 15.9 Å². The molecule has 0 aliphatic heterocycles. The SMILES string of the molecule is O=c1c2sccc2c2cc(O)ccc2n1-c1ccc(O)c(O)c1. The largest absolute Gasteiger partial charge is 0.508 e. The van der Waals surface area contributed by atoms with E-state index in [2.05, 4.69) is 0 Å². The van der Waals surface area contributed by atoms with Crippen LogP contribution in [0.1, 0.15) is 0 Å². The van der Waals surface area contributed by atoms with Gasteiger partial charge in [0, 0.05) is 16.8 Å². The van der Waals surface area contributed by atoms with E-state index in [0.717, 1.165) is 10.8 Å². The highest BCUT2D eigenvalue weighted by Gasteiger charge is 2.14. The van der Waals surface area contributed by atoms with Crippen LogP contribution in [0.5, 0.6) is 17.2 Å². The molecular weight excluding hydrogens is 314 g/mol. The molecule has 5 nitrogen and oxygen atoms in total. The van der Waals surface area contributed by atoms with Crippen LogP contribution in [0.3, 0.4) is 0 Å². The molecule has 2 aromatic carbocycles. The molecule has 0 bridgehead atoms. The lowest BCUT2D eigenvalue weighted by Crippen LogP contribution is -2.18. The normalized spacial score (nSPS) is 11.3. The average molecular weight is 325 g/mol. The van der Waals surface area contributed by atoms with Crippen LogP contribution in [0.2, 0.25) is 0 Å². The first-order valence-electron chi connectivity index (χ1n) is 6.83. The monoisotopic (exact) mass is 325 g/mol. The molecule has 0 fully saturated rings. The van der Waals surface area contributed by atoms with Gasteiger partial charge in [-0.05, 0) is 41.8 Å². The minimum atomic E-state index is -0.299. The van der Waals surface area contributed by atoms with E-state index >= 15 is 0 Å². The molecule has 23 heavy (non-hydrogen) atoms. The maximum Gasteiger partial charge on any atom is 0.273 e. The molecule has 6 heteroatoms. The molecule has 0 amide bonds. The lowest BCUT2D eigenvalue weighted by molar-refractivity contribution is 0.403. The molecule has 0 spiro atoms. The smallest absolute Gasteiger partial charge is 0.273 e. The number of phenolic OH excluding ortho intramolecular Hbond substituents is 3. The van der Waals surface area contributed by atoms with E-state index in [1.54, 1.807) is 18.2 Å². The first-order chi connectivity index (χ1) is 11.1. The standard InChI is InChI=1S/C17H11NO4S/c19-10-2-3-13-12(8-10)11-5-6-23-16(11)17(22)18(13)9-1-4-14(20)15(21)7-9/h1-8,19-21H. The predicted octanol–water partition coefficient (Wildman–Crippen LogP) is 3.32. The number of nitrogens with zero attached hydrogens (tertiary/aromatic N) is 1. The number of aromatic nitrogens is 1. The number of fused-ring (bicyclic) bond motifs is 3. The maximum absolute atomic E-state index is 12.9. The molecule has 114 valence electrons. The zero-order chi connectivity index (χ0) is 16.1. The van der Waals surface area contributed by atoms with Crippen LogP contribution in [0, 0.1) is 0 Å². The second kappa shape index (κ2) is 4.76. The highest BCUT2D eigenvalue weighted by Crippen LogP contribution is 2.32. The molecule has 4 aromatic rings. The minimum Gasteiger partial charge on any atom is -0.508 e. The van der Waals surface area contributed by atoms with Crippen molar-refractivity contribution in [1.82, 2.24) is 4.57 Å². The molecule has 0 aliphatic carbocycles. The number of thiophene rings is 1. The summed E-state index contributed by atoms with van der Waals surface area (Å²) in [6, 6.07) is 10.9. The van der Waals surface area contributed by atoms with E-state index in [9.17, 15) is 20.1 Å². The van der Waals surface area contributed by atoms with Gasteiger partial charge in [-0.1, -0.05) is 0 Å². The molecule has 0 unspecified atom stereocenters. The first kappa shape index (κ1) is 13.7. The fourth-order valence-electron chi connectivity index (χ4n) is 2.74. The molecule has 0 radical (unpaired) electrons. The van der Waals surface area contributed by atoms with Crippen molar-refractivity contribution in [3.05, 3.63) is 58.2 Å². The summed E-state index contributed by atoms with van der Waals surface area (Å²) in [5.41, 5.74) is 0.846. The second-order valence-corrected chi connectivity index (χ2v) is 6.09. The van der Waals surface area contributed by atoms with Crippen LogP contribution in [0.25, 0.3) is 26.7 Å². The van der Waals surface area contributed by atoms with E-state index in [-0.39, 0.29) is 22.8 Å². The number of pyridine rings is 1. The van der Waals surface area contributed by atoms with E-state index in [1.165, 1.54) is 34.1 Å². The number of benzene rings is 2. The fraction of sp³-hybridized carbons (Fsp3) is 0. The van der Waals surface area contributed by atoms with Crippen LogP contribution in [0.4, 0.5) is 0 Å². The molecule has 2 aromatic heterocycles. The highest BCUT2D eigenvalue weighted by molar-refractivity contribution is 7.17. The van der Waals surface area contributed by atoms with Gasteiger partial charge in [0.05, 0.1) is 11.2 Å². The second-order valence-electron chi connectivity index (χ2n) is 5.18. The van der Waals surface area contributed by atoms with Crippen molar-refractivity contribution < 1.29 is 15.3 Å². The van der Waals surface area contributed by atoms with Crippen molar-refractivity contribution in [2.45, 2.75) is 0 Å². The molecule has 0 aliphatic rings. The molecule has 0 saturated carbocycles.